The molecule has 2 heteroatoms. The average Bonchev–Trinajstić information content (AvgIpc) is 2.51. The number of rotatable bonds is 5. The summed E-state index contributed by atoms with van der Waals surface area (Å²) in [6, 6.07) is 4.86. The molecule has 0 bridgehead atoms. The van der Waals surface area contributed by atoms with Gasteiger partial charge in [0.05, 0.1) is 0 Å². The van der Waals surface area contributed by atoms with Crippen molar-refractivity contribution >= 4 is 0 Å². The van der Waals surface area contributed by atoms with E-state index in [4.69, 9.17) is 0 Å². The van der Waals surface area contributed by atoms with Crippen LogP contribution in [-0.4, -0.2) is 11.1 Å². The van der Waals surface area contributed by atoms with Gasteiger partial charge in [0.25, 0.3) is 0 Å². The van der Waals surface area contributed by atoms with Crippen molar-refractivity contribution < 1.29 is 0 Å². The smallest absolute Gasteiger partial charge is 0.0359 e. The quantitative estimate of drug-likeness (QED) is 0.762. The van der Waals surface area contributed by atoms with E-state index in [-0.39, 0.29) is 0 Å². The van der Waals surface area contributed by atoms with Crippen LogP contribution in [0, 0.1) is 5.92 Å². The lowest BCUT2D eigenvalue weighted by molar-refractivity contribution is 0.516. The van der Waals surface area contributed by atoms with Crippen molar-refractivity contribution in [1.29, 1.82) is 0 Å². The molecule has 0 radical (unpaired) electrons. The highest BCUT2D eigenvalue weighted by Gasteiger charge is 2.03. The molecule has 0 aliphatic carbocycles. The molecule has 0 spiro atoms. The van der Waals surface area contributed by atoms with E-state index in [0.717, 1.165) is 19.0 Å². The summed E-state index contributed by atoms with van der Waals surface area (Å²) in [7, 11) is 0. The number of hydrogen-bond acceptors (Lipinski definition) is 1. The van der Waals surface area contributed by atoms with Gasteiger partial charge in [-0.1, -0.05) is 13.8 Å². The summed E-state index contributed by atoms with van der Waals surface area (Å²) in [4.78, 5) is 0. The Hall–Kier alpha value is -0.760. The molecule has 0 atom stereocenters. The van der Waals surface area contributed by atoms with Crippen molar-refractivity contribution in [3.05, 3.63) is 24.0 Å². The summed E-state index contributed by atoms with van der Waals surface area (Å²) in [5, 5.41) is 3.46. The fraction of sp³-hybridized carbons (Fsp3) is 0.667. The van der Waals surface area contributed by atoms with E-state index in [2.05, 4.69) is 55.9 Å². The van der Waals surface area contributed by atoms with E-state index >= 15 is 0 Å². The summed E-state index contributed by atoms with van der Waals surface area (Å²) in [6.45, 7) is 11.0. The van der Waals surface area contributed by atoms with Crippen molar-refractivity contribution in [1.82, 2.24) is 9.88 Å². The molecule has 0 aromatic carbocycles. The van der Waals surface area contributed by atoms with Crippen LogP contribution in [0.3, 0.4) is 0 Å². The zero-order chi connectivity index (χ0) is 10.6. The number of nitrogens with one attached hydrogen (secondary N) is 1. The Kier molecular flexibility index (Phi) is 4.21. The fourth-order valence-corrected chi connectivity index (χ4v) is 1.57. The standard InChI is InChI=1S/C12H22N2/c1-10(2)8-13-9-12-6-5-7-14(12)11(3)4/h5-7,10-11,13H,8-9H2,1-4H3. The maximum Gasteiger partial charge on any atom is 0.0359 e. The molecular formula is C12H22N2. The van der Waals surface area contributed by atoms with Gasteiger partial charge in [0.1, 0.15) is 0 Å². The van der Waals surface area contributed by atoms with E-state index in [1.807, 2.05) is 0 Å². The molecule has 1 rings (SSSR count). The van der Waals surface area contributed by atoms with Gasteiger partial charge >= 0.3 is 0 Å². The van der Waals surface area contributed by atoms with Gasteiger partial charge in [0.2, 0.25) is 0 Å². The minimum atomic E-state index is 0.556. The van der Waals surface area contributed by atoms with Gasteiger partial charge in [0, 0.05) is 24.5 Å². The second-order valence-electron chi connectivity index (χ2n) is 4.53. The monoisotopic (exact) mass is 194 g/mol. The Morgan fingerprint density at radius 1 is 1.29 bits per heavy atom. The van der Waals surface area contributed by atoms with Gasteiger partial charge in [-0.2, -0.15) is 0 Å². The SMILES string of the molecule is CC(C)CNCc1cccn1C(C)C. The predicted octanol–water partition coefficient (Wildman–Crippen LogP) is 2.81. The van der Waals surface area contributed by atoms with E-state index in [1.54, 1.807) is 0 Å². The second-order valence-corrected chi connectivity index (χ2v) is 4.53. The third-order valence-electron chi connectivity index (χ3n) is 2.28. The van der Waals surface area contributed by atoms with Crippen molar-refractivity contribution in [3.63, 3.8) is 0 Å². The van der Waals surface area contributed by atoms with Crippen LogP contribution in [0.1, 0.15) is 39.4 Å². The predicted molar refractivity (Wildman–Crippen MR) is 61.4 cm³/mol. The van der Waals surface area contributed by atoms with Crippen molar-refractivity contribution in [2.24, 2.45) is 5.92 Å². The highest BCUT2D eigenvalue weighted by molar-refractivity contribution is 5.07. The summed E-state index contributed by atoms with van der Waals surface area (Å²) in [5.41, 5.74) is 1.38. The second kappa shape index (κ2) is 5.20. The molecule has 80 valence electrons. The lowest BCUT2D eigenvalue weighted by atomic mass is 10.2. The fourth-order valence-electron chi connectivity index (χ4n) is 1.57. The molecule has 2 nitrogen and oxygen atoms in total. The average molecular weight is 194 g/mol. The number of hydrogen-bond donors (Lipinski definition) is 1. The molecule has 0 unspecified atom stereocenters. The summed E-state index contributed by atoms with van der Waals surface area (Å²) in [5.74, 6) is 0.720. The minimum absolute atomic E-state index is 0.556. The third-order valence-corrected chi connectivity index (χ3v) is 2.28. The molecule has 14 heavy (non-hydrogen) atoms. The first kappa shape index (κ1) is 11.3. The van der Waals surface area contributed by atoms with E-state index < -0.39 is 0 Å². The minimum Gasteiger partial charge on any atom is -0.348 e. The highest BCUT2D eigenvalue weighted by Crippen LogP contribution is 2.10. The lowest BCUT2D eigenvalue weighted by Gasteiger charge is -2.14. The van der Waals surface area contributed by atoms with E-state index in [9.17, 15) is 0 Å². The Morgan fingerprint density at radius 3 is 2.57 bits per heavy atom. The zero-order valence-electron chi connectivity index (χ0n) is 9.75. The maximum absolute atomic E-state index is 3.46. The molecule has 0 saturated heterocycles. The van der Waals surface area contributed by atoms with Gasteiger partial charge < -0.3 is 9.88 Å². The van der Waals surface area contributed by atoms with Crippen molar-refractivity contribution in [2.45, 2.75) is 40.3 Å². The largest absolute Gasteiger partial charge is 0.348 e. The lowest BCUT2D eigenvalue weighted by Crippen LogP contribution is -2.21. The van der Waals surface area contributed by atoms with Gasteiger partial charge in [-0.05, 0) is 38.4 Å². The molecular weight excluding hydrogens is 172 g/mol. The van der Waals surface area contributed by atoms with Crippen LogP contribution in [0.25, 0.3) is 0 Å². The number of nitrogens with zero attached hydrogens (tertiary/aromatic N) is 1. The van der Waals surface area contributed by atoms with Crippen LogP contribution in [0.2, 0.25) is 0 Å². The molecule has 1 heterocycles. The summed E-state index contributed by atoms with van der Waals surface area (Å²) < 4.78 is 2.31. The van der Waals surface area contributed by atoms with Gasteiger partial charge in [-0.25, -0.2) is 0 Å². The van der Waals surface area contributed by atoms with Gasteiger partial charge in [0.15, 0.2) is 0 Å². The van der Waals surface area contributed by atoms with E-state index in [0.29, 0.717) is 6.04 Å². The molecule has 0 fully saturated rings. The van der Waals surface area contributed by atoms with E-state index in [1.165, 1.54) is 5.69 Å². The Bertz CT molecular complexity index is 261. The molecule has 0 aliphatic rings. The van der Waals surface area contributed by atoms with Crippen LogP contribution in [0.15, 0.2) is 18.3 Å². The molecule has 0 aliphatic heterocycles. The Labute approximate surface area is 87.3 Å². The van der Waals surface area contributed by atoms with Crippen molar-refractivity contribution in [3.8, 4) is 0 Å². The molecule has 1 aromatic heterocycles. The van der Waals surface area contributed by atoms with Crippen LogP contribution in [0.5, 0.6) is 0 Å². The topological polar surface area (TPSA) is 17.0 Å². The first-order valence-corrected chi connectivity index (χ1v) is 5.47. The summed E-state index contributed by atoms with van der Waals surface area (Å²) >= 11 is 0. The molecule has 0 amide bonds. The highest BCUT2D eigenvalue weighted by atomic mass is 15.0. The van der Waals surface area contributed by atoms with Gasteiger partial charge in [-0.3, -0.25) is 0 Å². The normalized spacial score (nSPS) is 11.6. The van der Waals surface area contributed by atoms with Gasteiger partial charge in [-0.15, -0.1) is 0 Å². The van der Waals surface area contributed by atoms with Crippen LogP contribution in [-0.2, 0) is 6.54 Å². The molecule has 0 saturated carbocycles. The van der Waals surface area contributed by atoms with Crippen LogP contribution >= 0.6 is 0 Å². The Balaban J connectivity index is 2.46. The van der Waals surface area contributed by atoms with Crippen molar-refractivity contribution in [2.75, 3.05) is 6.54 Å². The summed E-state index contributed by atoms with van der Waals surface area (Å²) in [6.07, 6.45) is 2.15. The maximum atomic E-state index is 3.46. The Morgan fingerprint density at radius 2 is 2.00 bits per heavy atom. The molecule has 1 N–H and O–H groups in total. The number of aromatic nitrogens is 1. The zero-order valence-corrected chi connectivity index (χ0v) is 9.75. The third kappa shape index (κ3) is 3.18. The first-order valence-electron chi connectivity index (χ1n) is 5.47. The molecule has 1 aromatic rings. The first-order chi connectivity index (χ1) is 6.61. The van der Waals surface area contributed by atoms with Crippen LogP contribution in [0.4, 0.5) is 0 Å². The van der Waals surface area contributed by atoms with Crippen LogP contribution < -0.4 is 5.32 Å².